The van der Waals surface area contributed by atoms with Crippen LogP contribution in [0.1, 0.15) is 17.3 Å². The van der Waals surface area contributed by atoms with Crippen molar-refractivity contribution in [1.82, 2.24) is 0 Å². The second kappa shape index (κ2) is 5.32. The van der Waals surface area contributed by atoms with Crippen LogP contribution in [0, 0.1) is 10.1 Å². The van der Waals surface area contributed by atoms with Crippen molar-refractivity contribution in [1.29, 1.82) is 0 Å². The molecule has 0 spiro atoms. The zero-order valence-electron chi connectivity index (χ0n) is 9.45. The normalized spacial score (nSPS) is 10.3. The van der Waals surface area contributed by atoms with Gasteiger partial charge in [-0.3, -0.25) is 14.9 Å². The Hall–Kier alpha value is -1.66. The highest BCUT2D eigenvalue weighted by atomic mass is 32.2. The molecule has 0 saturated carbocycles. The van der Waals surface area contributed by atoms with Crippen LogP contribution in [0.5, 0.6) is 0 Å². The van der Waals surface area contributed by atoms with E-state index in [0.717, 1.165) is 16.2 Å². The highest BCUT2D eigenvalue weighted by molar-refractivity contribution is 7.99. The lowest BCUT2D eigenvalue weighted by Gasteiger charge is -2.00. The summed E-state index contributed by atoms with van der Waals surface area (Å²) in [5.41, 5.74) is 0.638. The van der Waals surface area contributed by atoms with Gasteiger partial charge >= 0.3 is 5.00 Å². The molecule has 0 aliphatic rings. The maximum Gasteiger partial charge on any atom is 0.337 e. The van der Waals surface area contributed by atoms with Crippen LogP contribution < -0.4 is 0 Å². The predicted octanol–water partition coefficient (Wildman–Crippen LogP) is 4.01. The molecular weight excluding hydrogens is 270 g/mol. The molecule has 92 valence electrons. The van der Waals surface area contributed by atoms with Gasteiger partial charge in [-0.05, 0) is 30.5 Å². The van der Waals surface area contributed by atoms with Crippen LogP contribution in [-0.2, 0) is 0 Å². The van der Waals surface area contributed by atoms with E-state index in [2.05, 4.69) is 0 Å². The number of rotatable bonds is 4. The molecule has 1 aromatic carbocycles. The summed E-state index contributed by atoms with van der Waals surface area (Å²) in [5, 5.41) is 12.6. The fraction of sp³-hybridized carbons (Fsp3) is 0.0833. The summed E-state index contributed by atoms with van der Waals surface area (Å²) in [6.07, 6.45) is 0. The monoisotopic (exact) mass is 279 g/mol. The van der Waals surface area contributed by atoms with Gasteiger partial charge in [0.05, 0.1) is 4.92 Å². The number of nitro groups is 1. The fourth-order valence-corrected chi connectivity index (χ4v) is 3.17. The van der Waals surface area contributed by atoms with E-state index < -0.39 is 0 Å². The van der Waals surface area contributed by atoms with E-state index in [1.165, 1.54) is 18.7 Å². The summed E-state index contributed by atoms with van der Waals surface area (Å²) in [7, 11) is 0. The van der Waals surface area contributed by atoms with Crippen molar-refractivity contribution in [3.05, 3.63) is 51.4 Å². The Kier molecular flexibility index (Phi) is 3.78. The molecule has 0 atom stereocenters. The molecular formula is C12H9NO3S2. The molecule has 18 heavy (non-hydrogen) atoms. The van der Waals surface area contributed by atoms with E-state index in [-0.39, 0.29) is 15.7 Å². The molecule has 6 heteroatoms. The number of hydrogen-bond donors (Lipinski definition) is 0. The van der Waals surface area contributed by atoms with Crippen molar-refractivity contribution >= 4 is 33.9 Å². The van der Waals surface area contributed by atoms with E-state index in [9.17, 15) is 14.9 Å². The predicted molar refractivity (Wildman–Crippen MR) is 71.5 cm³/mol. The molecule has 0 amide bonds. The average Bonchev–Trinajstić information content (AvgIpc) is 2.78. The molecule has 0 fully saturated rings. The third-order valence-electron chi connectivity index (χ3n) is 2.26. The van der Waals surface area contributed by atoms with E-state index >= 15 is 0 Å². The molecule has 1 aromatic heterocycles. The van der Waals surface area contributed by atoms with Crippen molar-refractivity contribution < 1.29 is 9.72 Å². The molecule has 0 aliphatic heterocycles. The maximum atomic E-state index is 11.1. The topological polar surface area (TPSA) is 60.2 Å². The number of ketones is 1. The Bertz CT molecular complexity index is 590. The number of benzene rings is 1. The third-order valence-corrected chi connectivity index (χ3v) is 4.32. The van der Waals surface area contributed by atoms with Crippen molar-refractivity contribution in [2.24, 2.45) is 0 Å². The lowest BCUT2D eigenvalue weighted by atomic mass is 10.2. The molecule has 0 N–H and O–H groups in total. The van der Waals surface area contributed by atoms with Gasteiger partial charge in [0.2, 0.25) is 0 Å². The molecule has 1 heterocycles. The van der Waals surface area contributed by atoms with E-state index in [1.807, 2.05) is 0 Å². The van der Waals surface area contributed by atoms with Crippen LogP contribution in [0.15, 0.2) is 45.5 Å². The first-order valence-corrected chi connectivity index (χ1v) is 6.78. The number of thiophene rings is 1. The molecule has 2 aromatic rings. The van der Waals surface area contributed by atoms with Crippen LogP contribution in [0.3, 0.4) is 0 Å². The molecule has 4 nitrogen and oxygen atoms in total. The minimum atomic E-state index is -0.378. The van der Waals surface area contributed by atoms with Crippen LogP contribution in [0.4, 0.5) is 5.00 Å². The van der Waals surface area contributed by atoms with Crippen LogP contribution in [0.2, 0.25) is 0 Å². The number of carbonyl (C=O) groups is 1. The lowest BCUT2D eigenvalue weighted by molar-refractivity contribution is -0.382. The Morgan fingerprint density at radius 1 is 1.28 bits per heavy atom. The SMILES string of the molecule is CC(=O)c1ccc(Sc2ccsc2[N+](=O)[O-])cc1. The van der Waals surface area contributed by atoms with E-state index in [4.69, 9.17) is 0 Å². The summed E-state index contributed by atoms with van der Waals surface area (Å²) >= 11 is 2.44. The standard InChI is InChI=1S/C12H9NO3S2/c1-8(14)9-2-4-10(5-3-9)18-11-6-7-17-12(11)13(15)16/h2-7H,1H3. The number of nitrogens with zero attached hydrogens (tertiary/aromatic N) is 1. The largest absolute Gasteiger partial charge is 0.337 e. The van der Waals surface area contributed by atoms with Crippen molar-refractivity contribution in [3.8, 4) is 0 Å². The molecule has 0 aliphatic carbocycles. The molecule has 0 unspecified atom stereocenters. The van der Waals surface area contributed by atoms with Gasteiger partial charge in [-0.15, -0.1) is 0 Å². The molecule has 0 radical (unpaired) electrons. The van der Waals surface area contributed by atoms with Crippen molar-refractivity contribution in [2.75, 3.05) is 0 Å². The minimum Gasteiger partial charge on any atom is -0.295 e. The van der Waals surface area contributed by atoms with Crippen molar-refractivity contribution in [3.63, 3.8) is 0 Å². The number of Topliss-reactive ketones (excluding diaryl/α,β-unsaturated/α-hetero) is 1. The Balaban J connectivity index is 2.21. The fourth-order valence-electron chi connectivity index (χ4n) is 1.38. The van der Waals surface area contributed by atoms with Crippen LogP contribution in [0.25, 0.3) is 0 Å². The lowest BCUT2D eigenvalue weighted by Crippen LogP contribution is -1.90. The minimum absolute atomic E-state index is 0.00747. The van der Waals surface area contributed by atoms with Gasteiger partial charge in [0.15, 0.2) is 5.78 Å². The zero-order chi connectivity index (χ0) is 13.1. The Labute approximate surface area is 112 Å². The second-order valence-corrected chi connectivity index (χ2v) is 5.54. The van der Waals surface area contributed by atoms with Gasteiger partial charge in [-0.2, -0.15) is 0 Å². The van der Waals surface area contributed by atoms with Crippen LogP contribution >= 0.6 is 23.1 Å². The first kappa shape index (κ1) is 12.8. The van der Waals surface area contributed by atoms with Crippen molar-refractivity contribution in [2.45, 2.75) is 16.7 Å². The van der Waals surface area contributed by atoms with Gasteiger partial charge in [0.25, 0.3) is 0 Å². The summed E-state index contributed by atoms with van der Waals surface area (Å²) in [4.78, 5) is 23.0. The first-order valence-electron chi connectivity index (χ1n) is 5.08. The van der Waals surface area contributed by atoms with Gasteiger partial charge in [-0.1, -0.05) is 35.2 Å². The maximum absolute atomic E-state index is 11.1. The summed E-state index contributed by atoms with van der Waals surface area (Å²) in [6, 6.07) is 8.77. The quantitative estimate of drug-likeness (QED) is 0.482. The Morgan fingerprint density at radius 2 is 1.94 bits per heavy atom. The van der Waals surface area contributed by atoms with Crippen LogP contribution in [-0.4, -0.2) is 10.7 Å². The van der Waals surface area contributed by atoms with Gasteiger partial charge in [0, 0.05) is 10.5 Å². The summed E-state index contributed by atoms with van der Waals surface area (Å²) < 4.78 is 0. The average molecular weight is 279 g/mol. The Morgan fingerprint density at radius 3 is 2.50 bits per heavy atom. The summed E-state index contributed by atoms with van der Waals surface area (Å²) in [6.45, 7) is 1.51. The van der Waals surface area contributed by atoms with E-state index in [0.29, 0.717) is 10.5 Å². The smallest absolute Gasteiger partial charge is 0.295 e. The molecule has 0 bridgehead atoms. The first-order chi connectivity index (χ1) is 8.58. The van der Waals surface area contributed by atoms with E-state index in [1.54, 1.807) is 35.7 Å². The summed E-state index contributed by atoms with van der Waals surface area (Å²) in [5.74, 6) is 0.00747. The molecule has 2 rings (SSSR count). The number of carbonyl (C=O) groups excluding carboxylic acids is 1. The number of hydrogen-bond acceptors (Lipinski definition) is 5. The highest BCUT2D eigenvalue weighted by Crippen LogP contribution is 2.38. The highest BCUT2D eigenvalue weighted by Gasteiger charge is 2.16. The third kappa shape index (κ3) is 2.77. The van der Waals surface area contributed by atoms with Gasteiger partial charge in [-0.25, -0.2) is 0 Å². The second-order valence-electron chi connectivity index (χ2n) is 3.53. The zero-order valence-corrected chi connectivity index (χ0v) is 11.1. The van der Waals surface area contributed by atoms with Gasteiger partial charge in [0.1, 0.15) is 4.90 Å². The molecule has 0 saturated heterocycles. The van der Waals surface area contributed by atoms with Gasteiger partial charge < -0.3 is 0 Å².